The van der Waals surface area contributed by atoms with Crippen LogP contribution in [0.15, 0.2) is 42.0 Å². The van der Waals surface area contributed by atoms with Crippen molar-refractivity contribution in [2.24, 2.45) is 5.92 Å². The summed E-state index contributed by atoms with van der Waals surface area (Å²) in [6, 6.07) is 6.86. The van der Waals surface area contributed by atoms with Crippen LogP contribution in [0.25, 0.3) is 0 Å². The highest BCUT2D eigenvalue weighted by Gasteiger charge is 2.24. The summed E-state index contributed by atoms with van der Waals surface area (Å²) in [6.07, 6.45) is 12.6. The zero-order valence-electron chi connectivity index (χ0n) is 28.7. The summed E-state index contributed by atoms with van der Waals surface area (Å²) >= 11 is 0. The Morgan fingerprint density at radius 3 is 1.78 bits per heavy atom. The maximum absolute atomic E-state index is 2.48. The van der Waals surface area contributed by atoms with Gasteiger partial charge in [-0.05, 0) is 48.6 Å². The smallest absolute Gasteiger partial charge is 0.179 e. The molecular weight excluding hydrogens is 446 g/mol. The summed E-state index contributed by atoms with van der Waals surface area (Å²) in [6.45, 7) is 35.1. The third kappa shape index (κ3) is 20.1. The van der Waals surface area contributed by atoms with E-state index >= 15 is 0 Å². The van der Waals surface area contributed by atoms with E-state index in [0.29, 0.717) is 0 Å². The van der Waals surface area contributed by atoms with E-state index in [2.05, 4.69) is 117 Å². The van der Waals surface area contributed by atoms with Gasteiger partial charge in [0.1, 0.15) is 7.05 Å². The van der Waals surface area contributed by atoms with Crippen molar-refractivity contribution in [1.29, 1.82) is 0 Å². The molecule has 0 heterocycles. The summed E-state index contributed by atoms with van der Waals surface area (Å²) in [5.41, 5.74) is 7.76. The number of rotatable bonds is 4. The van der Waals surface area contributed by atoms with Crippen LogP contribution in [0.1, 0.15) is 153 Å². The van der Waals surface area contributed by atoms with Crippen molar-refractivity contribution in [3.8, 4) is 0 Å². The molecule has 0 aromatic heterocycles. The molecule has 1 aromatic rings. The molecule has 1 fully saturated rings. The van der Waals surface area contributed by atoms with Crippen LogP contribution in [-0.4, -0.2) is 17.3 Å². The largest absolute Gasteiger partial charge is 0.232 e. The molecule has 0 unspecified atom stereocenters. The fourth-order valence-corrected chi connectivity index (χ4v) is 3.83. The molecule has 0 N–H and O–H groups in total. The number of allylic oxidation sites excluding steroid dienone is 4. The second kappa shape index (κ2) is 27.4. The first-order chi connectivity index (χ1) is 17.5. The maximum atomic E-state index is 2.48. The monoisotopic (exact) mass is 517 g/mol. The van der Waals surface area contributed by atoms with E-state index in [9.17, 15) is 0 Å². The molecule has 2 rings (SSSR count). The van der Waals surface area contributed by atoms with Crippen molar-refractivity contribution in [2.45, 2.75) is 155 Å². The van der Waals surface area contributed by atoms with Crippen molar-refractivity contribution in [3.63, 3.8) is 0 Å². The van der Waals surface area contributed by atoms with Crippen LogP contribution in [0.5, 0.6) is 0 Å². The number of benzene rings is 1. The minimum atomic E-state index is 0.206. The van der Waals surface area contributed by atoms with Gasteiger partial charge < -0.3 is 0 Å². The highest BCUT2D eigenvalue weighted by atomic mass is 15.0. The summed E-state index contributed by atoms with van der Waals surface area (Å²) in [5.74, 6) is 0.833. The average molecular weight is 517 g/mol. The van der Waals surface area contributed by atoms with Crippen LogP contribution in [-0.2, 0) is 18.4 Å². The summed E-state index contributed by atoms with van der Waals surface area (Å²) in [5, 5.41) is 0. The lowest BCUT2D eigenvalue weighted by atomic mass is 9.81. The Labute approximate surface area is 236 Å². The molecule has 1 saturated carbocycles. The lowest BCUT2D eigenvalue weighted by Gasteiger charge is -2.24. The van der Waals surface area contributed by atoms with Crippen LogP contribution in [0.3, 0.4) is 0 Å². The van der Waals surface area contributed by atoms with Gasteiger partial charge in [-0.2, -0.15) is 0 Å². The van der Waals surface area contributed by atoms with E-state index in [1.54, 1.807) is 0 Å². The van der Waals surface area contributed by atoms with E-state index in [-0.39, 0.29) is 5.41 Å². The molecular formula is C36H70N+. The van der Waals surface area contributed by atoms with E-state index in [0.717, 1.165) is 18.9 Å². The first-order valence-electron chi connectivity index (χ1n) is 15.5. The fraction of sp³-hybridized carbons (Fsp3) is 0.694. The highest BCUT2D eigenvalue weighted by Crippen LogP contribution is 2.29. The molecule has 1 aliphatic carbocycles. The van der Waals surface area contributed by atoms with E-state index in [4.69, 9.17) is 0 Å². The van der Waals surface area contributed by atoms with Gasteiger partial charge in [0.2, 0.25) is 0 Å². The Hall–Kier alpha value is -1.63. The molecule has 0 radical (unpaired) electrons. The highest BCUT2D eigenvalue weighted by molar-refractivity contribution is 5.98. The zero-order chi connectivity index (χ0) is 30.0. The third-order valence-corrected chi connectivity index (χ3v) is 5.02. The lowest BCUT2D eigenvalue weighted by Crippen LogP contribution is -2.19. The molecule has 0 saturated heterocycles. The Morgan fingerprint density at radius 2 is 1.38 bits per heavy atom. The van der Waals surface area contributed by atoms with Gasteiger partial charge in [-0.15, -0.1) is 0 Å². The standard InChI is InChI=1S/C23H34N.C4H10.C3H8.3C2H6/c1-7-9-12-18-13-11-16-22(18)24(6)17-19-14-10-15-21(20(19)8-2)23(3,4)5;1-4(2)3;1-3-2;3*1-2/h7,9-10,12,14-15H,8,11,13,16-17H2,1-6H3;4H,1-3H3;3H2,1-2H3;3*1-2H3/q+1;;;;;/b9-7-,18-12-,24-22?;;;;;. The molecule has 1 aromatic carbocycles. The first-order valence-corrected chi connectivity index (χ1v) is 15.5. The molecule has 0 bridgehead atoms. The van der Waals surface area contributed by atoms with E-state index in [1.165, 1.54) is 53.7 Å². The van der Waals surface area contributed by atoms with Crippen molar-refractivity contribution in [1.82, 2.24) is 0 Å². The van der Waals surface area contributed by atoms with Crippen molar-refractivity contribution in [3.05, 3.63) is 58.7 Å². The number of hydrogen-bond acceptors (Lipinski definition) is 0. The molecule has 1 nitrogen and oxygen atoms in total. The molecule has 0 spiro atoms. The Kier molecular flexibility index (Phi) is 31.4. The summed E-state index contributed by atoms with van der Waals surface area (Å²) in [7, 11) is 2.26. The quantitative estimate of drug-likeness (QED) is 0.350. The third-order valence-electron chi connectivity index (χ3n) is 5.02. The SMILES string of the molecule is C/C=C\C=C1\CCCC1=[N+](C)Cc1cccc(C(C)(C)C)c1CC.CC.CC.CC.CC(C)C.CCC. The van der Waals surface area contributed by atoms with Gasteiger partial charge in [0.25, 0.3) is 0 Å². The molecule has 1 heteroatoms. The van der Waals surface area contributed by atoms with E-state index < -0.39 is 0 Å². The van der Waals surface area contributed by atoms with Gasteiger partial charge in [-0.25, -0.2) is 4.58 Å². The van der Waals surface area contributed by atoms with Crippen LogP contribution in [0, 0.1) is 5.92 Å². The first kappa shape index (κ1) is 42.5. The van der Waals surface area contributed by atoms with E-state index in [1.807, 2.05) is 41.5 Å². The Balaban J connectivity index is -0.000000356. The van der Waals surface area contributed by atoms with Gasteiger partial charge in [0.05, 0.1) is 0 Å². The van der Waals surface area contributed by atoms with Gasteiger partial charge in [0, 0.05) is 17.6 Å². The van der Waals surface area contributed by atoms with Crippen molar-refractivity contribution >= 4 is 5.71 Å². The van der Waals surface area contributed by atoms with Gasteiger partial charge in [-0.1, -0.05) is 147 Å². The lowest BCUT2D eigenvalue weighted by molar-refractivity contribution is -0.514. The average Bonchev–Trinajstić information content (AvgIpc) is 3.35. The van der Waals surface area contributed by atoms with Crippen molar-refractivity contribution < 1.29 is 4.58 Å². The van der Waals surface area contributed by atoms with Gasteiger partial charge in [0.15, 0.2) is 12.3 Å². The predicted molar refractivity (Wildman–Crippen MR) is 177 cm³/mol. The van der Waals surface area contributed by atoms with Gasteiger partial charge >= 0.3 is 0 Å². The molecule has 1 aliphatic rings. The maximum Gasteiger partial charge on any atom is 0.179 e. The minimum Gasteiger partial charge on any atom is -0.232 e. The Bertz CT molecular complexity index is 721. The molecule has 37 heavy (non-hydrogen) atoms. The number of nitrogens with zero attached hydrogens (tertiary/aromatic N) is 1. The number of hydrogen-bond donors (Lipinski definition) is 0. The predicted octanol–water partition coefficient (Wildman–Crippen LogP) is 12.0. The summed E-state index contributed by atoms with van der Waals surface area (Å²) < 4.78 is 2.48. The zero-order valence-corrected chi connectivity index (χ0v) is 28.7. The van der Waals surface area contributed by atoms with Gasteiger partial charge in [-0.3, -0.25) is 0 Å². The fourth-order valence-electron chi connectivity index (χ4n) is 3.83. The minimum absolute atomic E-state index is 0.206. The molecule has 0 atom stereocenters. The second-order valence-electron chi connectivity index (χ2n) is 10.4. The molecule has 0 amide bonds. The van der Waals surface area contributed by atoms with Crippen molar-refractivity contribution in [2.75, 3.05) is 7.05 Å². The topological polar surface area (TPSA) is 3.01 Å². The van der Waals surface area contributed by atoms with Crippen LogP contribution in [0.2, 0.25) is 0 Å². The Morgan fingerprint density at radius 1 is 0.892 bits per heavy atom. The molecule has 218 valence electrons. The normalized spacial score (nSPS) is 14.6. The summed E-state index contributed by atoms with van der Waals surface area (Å²) in [4.78, 5) is 0. The van der Waals surface area contributed by atoms with Crippen LogP contribution in [0.4, 0.5) is 0 Å². The molecule has 0 aliphatic heterocycles. The second-order valence-corrected chi connectivity index (χ2v) is 10.4. The van der Waals surface area contributed by atoms with Crippen LogP contribution >= 0.6 is 0 Å². The van der Waals surface area contributed by atoms with Crippen LogP contribution < -0.4 is 0 Å².